The maximum Gasteiger partial charge on any atom is 0.323 e. The number of anilines is 3. The number of halogens is 1. The zero-order valence-electron chi connectivity index (χ0n) is 25.3. The Hall–Kier alpha value is -5.16. The van der Waals surface area contributed by atoms with Crippen LogP contribution in [0.25, 0.3) is 10.8 Å². The molecule has 0 radical (unpaired) electrons. The van der Waals surface area contributed by atoms with Crippen LogP contribution in [0.3, 0.4) is 0 Å². The molecule has 1 heterocycles. The van der Waals surface area contributed by atoms with E-state index in [1.807, 2.05) is 49.4 Å². The first-order valence-electron chi connectivity index (χ1n) is 14.7. The quantitative estimate of drug-likeness (QED) is 0.203. The normalized spacial score (nSPS) is 16.9. The predicted octanol–water partition coefficient (Wildman–Crippen LogP) is 6.01. The van der Waals surface area contributed by atoms with Gasteiger partial charge in [0.25, 0.3) is 5.91 Å². The number of urea groups is 2. The number of amides is 5. The van der Waals surface area contributed by atoms with Gasteiger partial charge >= 0.3 is 12.1 Å². The summed E-state index contributed by atoms with van der Waals surface area (Å²) in [5, 5.41) is 20.2. The third kappa shape index (κ3) is 7.32. The molecule has 5 rings (SSSR count). The molecule has 0 saturated carbocycles. The second-order valence-corrected chi connectivity index (χ2v) is 11.3. The molecule has 4 aromatic carbocycles. The van der Waals surface area contributed by atoms with E-state index in [4.69, 9.17) is 4.74 Å². The summed E-state index contributed by atoms with van der Waals surface area (Å²) in [5.74, 6) is -0.698. The minimum Gasteiger partial charge on any atom is -0.487 e. The number of aliphatic hydroxyl groups excluding tert-OH is 1. The third-order valence-electron chi connectivity index (χ3n) is 7.86. The summed E-state index contributed by atoms with van der Waals surface area (Å²) in [4.78, 5) is 42.8. The minimum atomic E-state index is -0.577. The van der Waals surface area contributed by atoms with Crippen molar-refractivity contribution >= 4 is 45.8 Å². The third-order valence-corrected chi connectivity index (χ3v) is 7.86. The van der Waals surface area contributed by atoms with E-state index in [-0.39, 0.29) is 43.1 Å². The van der Waals surface area contributed by atoms with Gasteiger partial charge in [0.1, 0.15) is 17.7 Å². The van der Waals surface area contributed by atoms with Gasteiger partial charge in [0.05, 0.1) is 30.4 Å². The molecule has 1 aliphatic rings. The second kappa shape index (κ2) is 13.6. The molecule has 10 nitrogen and oxygen atoms in total. The van der Waals surface area contributed by atoms with Gasteiger partial charge in [-0.15, -0.1) is 0 Å². The van der Waals surface area contributed by atoms with Crippen LogP contribution in [-0.4, -0.2) is 71.8 Å². The highest BCUT2D eigenvalue weighted by Gasteiger charge is 2.34. The number of hydrogen-bond donors (Lipinski definition) is 4. The van der Waals surface area contributed by atoms with E-state index in [0.29, 0.717) is 22.8 Å². The van der Waals surface area contributed by atoms with Crippen molar-refractivity contribution in [2.24, 2.45) is 5.92 Å². The zero-order chi connectivity index (χ0) is 32.1. The van der Waals surface area contributed by atoms with Gasteiger partial charge in [0.15, 0.2) is 0 Å². The molecule has 0 aliphatic carbocycles. The smallest absolute Gasteiger partial charge is 0.323 e. The number of carbonyl (C=O) groups excluding carboxylic acids is 3. The Morgan fingerprint density at radius 1 is 1.00 bits per heavy atom. The highest BCUT2D eigenvalue weighted by atomic mass is 19.1. The molecule has 45 heavy (non-hydrogen) atoms. The lowest BCUT2D eigenvalue weighted by Gasteiger charge is -2.38. The van der Waals surface area contributed by atoms with Crippen molar-refractivity contribution < 1.29 is 28.6 Å². The van der Waals surface area contributed by atoms with Crippen LogP contribution in [-0.2, 0) is 0 Å². The first kappa shape index (κ1) is 31.3. The molecule has 4 N–H and O–H groups in total. The molecule has 234 valence electrons. The fourth-order valence-electron chi connectivity index (χ4n) is 5.24. The van der Waals surface area contributed by atoms with Crippen LogP contribution < -0.4 is 20.7 Å². The number of nitrogens with one attached hydrogen (secondary N) is 3. The van der Waals surface area contributed by atoms with Gasteiger partial charge in [0, 0.05) is 36.3 Å². The number of nitrogens with zero attached hydrogens (tertiary/aromatic N) is 2. The van der Waals surface area contributed by atoms with Crippen molar-refractivity contribution in [3.63, 3.8) is 0 Å². The van der Waals surface area contributed by atoms with Gasteiger partial charge in [0.2, 0.25) is 0 Å². The van der Waals surface area contributed by atoms with Gasteiger partial charge in [-0.2, -0.15) is 0 Å². The number of rotatable bonds is 7. The molecular weight excluding hydrogens is 577 g/mol. The highest BCUT2D eigenvalue weighted by Crippen LogP contribution is 2.31. The van der Waals surface area contributed by atoms with Gasteiger partial charge in [-0.1, -0.05) is 43.3 Å². The molecule has 0 bridgehead atoms. The maximum absolute atomic E-state index is 13.7. The predicted molar refractivity (Wildman–Crippen MR) is 172 cm³/mol. The van der Waals surface area contributed by atoms with Crippen LogP contribution in [0.4, 0.5) is 31.0 Å². The Balaban J connectivity index is 1.35. The standard InChI is InChI=1S/C34H36FN5O5/c1-21-18-40(22(2)20-41)32(42)28-17-26(37-33(43)36-25-13-11-24(35)12-14-25)15-16-30(28)45-31(21)19-39(3)34(44)38-29-10-6-8-23-7-4-5-9-27(23)29/h4-17,21-22,31,41H,18-20H2,1-3H3,(H,38,44)(H2,36,37,43)/t21-,22-,31-/m1/s1. The molecule has 4 aromatic rings. The van der Waals surface area contributed by atoms with Gasteiger partial charge < -0.3 is 35.6 Å². The molecule has 11 heteroatoms. The largest absolute Gasteiger partial charge is 0.487 e. The van der Waals surface area contributed by atoms with Gasteiger partial charge in [-0.05, 0) is 60.8 Å². The lowest BCUT2D eigenvalue weighted by molar-refractivity contribution is 0.0371. The average Bonchev–Trinajstić information content (AvgIpc) is 3.03. The summed E-state index contributed by atoms with van der Waals surface area (Å²) in [6.45, 7) is 3.93. The Morgan fingerprint density at radius 3 is 2.44 bits per heavy atom. The van der Waals surface area contributed by atoms with E-state index >= 15 is 0 Å². The van der Waals surface area contributed by atoms with E-state index < -0.39 is 24.0 Å². The van der Waals surface area contributed by atoms with Crippen molar-refractivity contribution in [1.82, 2.24) is 9.80 Å². The van der Waals surface area contributed by atoms with Crippen LogP contribution in [0, 0.1) is 11.7 Å². The van der Waals surface area contributed by atoms with Crippen molar-refractivity contribution in [3.05, 3.63) is 96.3 Å². The molecule has 0 spiro atoms. The highest BCUT2D eigenvalue weighted by molar-refractivity contribution is 6.03. The molecule has 0 unspecified atom stereocenters. The van der Waals surface area contributed by atoms with E-state index in [0.717, 1.165) is 10.8 Å². The number of hydrogen-bond acceptors (Lipinski definition) is 5. The molecule has 5 amide bonds. The first-order valence-corrected chi connectivity index (χ1v) is 14.7. The van der Waals surface area contributed by atoms with Crippen molar-refractivity contribution in [2.45, 2.75) is 26.0 Å². The van der Waals surface area contributed by atoms with E-state index in [9.17, 15) is 23.9 Å². The average molecular weight is 614 g/mol. The van der Waals surface area contributed by atoms with E-state index in [1.54, 1.807) is 35.9 Å². The molecule has 0 saturated heterocycles. The summed E-state index contributed by atoms with van der Waals surface area (Å²) in [7, 11) is 1.68. The zero-order valence-corrected chi connectivity index (χ0v) is 25.3. The SMILES string of the molecule is C[C@@H]1CN([C@H](C)CO)C(=O)c2cc(NC(=O)Nc3ccc(F)cc3)ccc2O[C@@H]1CN(C)C(=O)Nc1cccc2ccccc12. The van der Waals surface area contributed by atoms with Gasteiger partial charge in [-0.3, -0.25) is 4.79 Å². The summed E-state index contributed by atoms with van der Waals surface area (Å²) in [5.41, 5.74) is 1.63. The summed E-state index contributed by atoms with van der Waals surface area (Å²) >= 11 is 0. The first-order chi connectivity index (χ1) is 21.6. The lowest BCUT2D eigenvalue weighted by atomic mass is 9.99. The Labute approximate surface area is 260 Å². The van der Waals surface area contributed by atoms with Crippen LogP contribution >= 0.6 is 0 Å². The number of benzene rings is 4. The number of aliphatic hydroxyl groups is 1. The molecule has 1 aliphatic heterocycles. The van der Waals surface area contributed by atoms with Crippen LogP contribution in [0.1, 0.15) is 24.2 Å². The minimum absolute atomic E-state index is 0.203. The van der Waals surface area contributed by atoms with Crippen molar-refractivity contribution in [1.29, 1.82) is 0 Å². The van der Waals surface area contributed by atoms with Crippen molar-refractivity contribution in [2.75, 3.05) is 42.7 Å². The molecule has 0 aromatic heterocycles. The molecular formula is C34H36FN5O5. The summed E-state index contributed by atoms with van der Waals surface area (Å²) in [6.07, 6.45) is -0.505. The monoisotopic (exact) mass is 613 g/mol. The van der Waals surface area contributed by atoms with E-state index in [2.05, 4.69) is 16.0 Å². The fraction of sp³-hybridized carbons (Fsp3) is 0.265. The number of carbonyl (C=O) groups is 3. The van der Waals surface area contributed by atoms with E-state index in [1.165, 1.54) is 30.3 Å². The molecule has 0 fully saturated rings. The van der Waals surface area contributed by atoms with Crippen LogP contribution in [0.15, 0.2) is 84.9 Å². The lowest BCUT2D eigenvalue weighted by Crippen LogP contribution is -2.50. The number of ether oxygens (including phenoxy) is 1. The second-order valence-electron chi connectivity index (χ2n) is 11.3. The van der Waals surface area contributed by atoms with Gasteiger partial charge in [-0.25, -0.2) is 14.0 Å². The topological polar surface area (TPSA) is 123 Å². The van der Waals surface area contributed by atoms with Crippen LogP contribution in [0.2, 0.25) is 0 Å². The number of fused-ring (bicyclic) bond motifs is 2. The Bertz CT molecular complexity index is 1690. The van der Waals surface area contributed by atoms with Crippen molar-refractivity contribution in [3.8, 4) is 5.75 Å². The number of likely N-dealkylation sites (N-methyl/N-ethyl adjacent to an activating group) is 1. The maximum atomic E-state index is 13.7. The summed E-state index contributed by atoms with van der Waals surface area (Å²) in [6, 6.07) is 22.2. The molecule has 3 atom stereocenters. The van der Waals surface area contributed by atoms with Crippen LogP contribution in [0.5, 0.6) is 5.75 Å². The fourth-order valence-corrected chi connectivity index (χ4v) is 5.24. The Morgan fingerprint density at radius 2 is 1.69 bits per heavy atom. The summed E-state index contributed by atoms with van der Waals surface area (Å²) < 4.78 is 19.6. The Kier molecular flexibility index (Phi) is 9.48.